The van der Waals surface area contributed by atoms with Gasteiger partial charge in [0.2, 0.25) is 0 Å². The zero-order chi connectivity index (χ0) is 15.2. The van der Waals surface area contributed by atoms with Crippen LogP contribution in [0.4, 0.5) is 0 Å². The van der Waals surface area contributed by atoms with Gasteiger partial charge in [-0.25, -0.2) is 0 Å². The molecule has 4 rings (SSSR count). The molecule has 0 aliphatic carbocycles. The Bertz CT molecular complexity index is 847. The molecule has 3 aromatic carbocycles. The van der Waals surface area contributed by atoms with Crippen LogP contribution in [0.3, 0.4) is 0 Å². The maximum Gasteiger partial charge on any atom is 0.135 e. The zero-order valence-electron chi connectivity index (χ0n) is 13.1. The minimum atomic E-state index is 0.145. The van der Waals surface area contributed by atoms with Crippen LogP contribution < -0.4 is 4.74 Å². The van der Waals surface area contributed by atoms with Crippen molar-refractivity contribution in [3.8, 4) is 5.75 Å². The molecule has 0 atom stereocenters. The third-order valence-electron chi connectivity index (χ3n) is 4.51. The fourth-order valence-corrected chi connectivity index (χ4v) is 3.18. The summed E-state index contributed by atoms with van der Waals surface area (Å²) in [5.41, 5.74) is 1.40. The van der Waals surface area contributed by atoms with E-state index in [2.05, 4.69) is 62.4 Å². The van der Waals surface area contributed by atoms with Crippen molar-refractivity contribution in [1.29, 1.82) is 0 Å². The van der Waals surface area contributed by atoms with E-state index in [1.54, 1.807) is 0 Å². The van der Waals surface area contributed by atoms with Gasteiger partial charge in [-0.1, -0.05) is 49.4 Å². The molecule has 1 saturated heterocycles. The van der Waals surface area contributed by atoms with Gasteiger partial charge in [0.1, 0.15) is 5.75 Å². The Morgan fingerprint density at radius 3 is 2.59 bits per heavy atom. The lowest BCUT2D eigenvalue weighted by molar-refractivity contribution is -0.120. The van der Waals surface area contributed by atoms with Gasteiger partial charge in [0.15, 0.2) is 0 Å². The van der Waals surface area contributed by atoms with Crippen molar-refractivity contribution in [1.82, 2.24) is 0 Å². The van der Waals surface area contributed by atoms with Gasteiger partial charge in [-0.15, -0.1) is 0 Å². The van der Waals surface area contributed by atoms with Crippen LogP contribution in [-0.4, -0.2) is 19.8 Å². The lowest BCUT2D eigenvalue weighted by Gasteiger charge is -2.37. The second-order valence-electron chi connectivity index (χ2n) is 6.69. The van der Waals surface area contributed by atoms with E-state index in [1.165, 1.54) is 27.1 Å². The number of fused-ring (bicyclic) bond motifs is 2. The quantitative estimate of drug-likeness (QED) is 0.650. The molecule has 1 aliphatic heterocycles. The topological polar surface area (TPSA) is 18.5 Å². The zero-order valence-corrected chi connectivity index (χ0v) is 13.1. The molecule has 1 fully saturated rings. The van der Waals surface area contributed by atoms with Gasteiger partial charge in [0.25, 0.3) is 0 Å². The summed E-state index contributed by atoms with van der Waals surface area (Å²) in [5, 5.41) is 4.88. The van der Waals surface area contributed by atoms with E-state index >= 15 is 0 Å². The van der Waals surface area contributed by atoms with Crippen molar-refractivity contribution < 1.29 is 9.47 Å². The molecule has 0 aromatic heterocycles. The predicted octanol–water partition coefficient (Wildman–Crippen LogP) is 4.72. The molecular formula is C20H20O2. The molecule has 0 spiro atoms. The molecule has 0 bridgehead atoms. The van der Waals surface area contributed by atoms with Crippen molar-refractivity contribution in [2.24, 2.45) is 5.41 Å². The molecule has 112 valence electrons. The number of hydrogen-bond acceptors (Lipinski definition) is 2. The van der Waals surface area contributed by atoms with E-state index < -0.39 is 0 Å². The van der Waals surface area contributed by atoms with Gasteiger partial charge < -0.3 is 9.47 Å². The summed E-state index contributed by atoms with van der Waals surface area (Å²) in [6, 6.07) is 17.1. The molecule has 3 aromatic rings. The highest BCUT2D eigenvalue weighted by Crippen LogP contribution is 2.38. The number of benzene rings is 3. The molecule has 0 unspecified atom stereocenters. The summed E-state index contributed by atoms with van der Waals surface area (Å²) in [5.74, 6) is 1.01. The number of ether oxygens (including phenoxy) is 2. The van der Waals surface area contributed by atoms with Crippen molar-refractivity contribution in [2.45, 2.75) is 13.8 Å². The molecule has 0 radical (unpaired) electrons. The van der Waals surface area contributed by atoms with Crippen LogP contribution in [0.5, 0.6) is 5.75 Å². The van der Waals surface area contributed by atoms with Gasteiger partial charge in [-0.2, -0.15) is 0 Å². The number of aryl methyl sites for hydroxylation is 1. The summed E-state index contributed by atoms with van der Waals surface area (Å²) in [4.78, 5) is 0. The first-order valence-electron chi connectivity index (χ1n) is 7.78. The standard InChI is InChI=1S/C20H20O2/c1-14-6-5-8-16-10-15-7-3-4-9-17(15)19(18(14)16)22-13-20(2)11-21-12-20/h3-10H,11-13H2,1-2H3. The van der Waals surface area contributed by atoms with E-state index in [4.69, 9.17) is 9.47 Å². The Labute approximate surface area is 130 Å². The summed E-state index contributed by atoms with van der Waals surface area (Å²) in [6.45, 7) is 6.64. The molecule has 0 amide bonds. The third-order valence-corrected chi connectivity index (χ3v) is 4.51. The van der Waals surface area contributed by atoms with Crippen molar-refractivity contribution >= 4 is 21.5 Å². The SMILES string of the molecule is Cc1cccc2cc3ccccc3c(OCC3(C)COC3)c12. The van der Waals surface area contributed by atoms with Crippen LogP contribution in [0.1, 0.15) is 12.5 Å². The van der Waals surface area contributed by atoms with E-state index in [0.717, 1.165) is 19.0 Å². The van der Waals surface area contributed by atoms with Crippen LogP contribution >= 0.6 is 0 Å². The van der Waals surface area contributed by atoms with Crippen molar-refractivity contribution in [3.63, 3.8) is 0 Å². The van der Waals surface area contributed by atoms with Crippen LogP contribution in [0.25, 0.3) is 21.5 Å². The Kier molecular flexibility index (Phi) is 3.08. The van der Waals surface area contributed by atoms with Crippen LogP contribution in [0, 0.1) is 12.3 Å². The first-order chi connectivity index (χ1) is 10.7. The van der Waals surface area contributed by atoms with Gasteiger partial charge >= 0.3 is 0 Å². The van der Waals surface area contributed by atoms with Gasteiger partial charge in [-0.3, -0.25) is 0 Å². The van der Waals surface area contributed by atoms with Crippen LogP contribution in [-0.2, 0) is 4.74 Å². The molecule has 2 nitrogen and oxygen atoms in total. The molecular weight excluding hydrogens is 272 g/mol. The fourth-order valence-electron chi connectivity index (χ4n) is 3.18. The second-order valence-corrected chi connectivity index (χ2v) is 6.69. The number of hydrogen-bond donors (Lipinski definition) is 0. The highest BCUT2D eigenvalue weighted by Gasteiger charge is 2.34. The summed E-state index contributed by atoms with van der Waals surface area (Å²) < 4.78 is 11.7. The van der Waals surface area contributed by atoms with Gasteiger partial charge in [-0.05, 0) is 29.3 Å². The van der Waals surface area contributed by atoms with Crippen molar-refractivity contribution in [2.75, 3.05) is 19.8 Å². The van der Waals surface area contributed by atoms with Crippen LogP contribution in [0.2, 0.25) is 0 Å². The Balaban J connectivity index is 1.90. The first-order valence-corrected chi connectivity index (χ1v) is 7.78. The van der Waals surface area contributed by atoms with Crippen molar-refractivity contribution in [3.05, 3.63) is 54.1 Å². The van der Waals surface area contributed by atoms with Crippen LogP contribution in [0.15, 0.2) is 48.5 Å². The van der Waals surface area contributed by atoms with E-state index in [9.17, 15) is 0 Å². The lowest BCUT2D eigenvalue weighted by Crippen LogP contribution is -2.44. The van der Waals surface area contributed by atoms with Gasteiger partial charge in [0, 0.05) is 16.2 Å². The van der Waals surface area contributed by atoms with Gasteiger partial charge in [0.05, 0.1) is 19.8 Å². The normalized spacial score (nSPS) is 16.6. The third kappa shape index (κ3) is 2.15. The Morgan fingerprint density at radius 2 is 1.82 bits per heavy atom. The average molecular weight is 292 g/mol. The Morgan fingerprint density at radius 1 is 1.05 bits per heavy atom. The minimum absolute atomic E-state index is 0.145. The predicted molar refractivity (Wildman–Crippen MR) is 90.6 cm³/mol. The second kappa shape index (κ2) is 4.99. The summed E-state index contributed by atoms with van der Waals surface area (Å²) in [6.07, 6.45) is 0. The minimum Gasteiger partial charge on any atom is -0.492 e. The maximum absolute atomic E-state index is 6.34. The average Bonchev–Trinajstić information content (AvgIpc) is 2.50. The lowest BCUT2D eigenvalue weighted by atomic mass is 9.90. The molecule has 2 heteroatoms. The number of rotatable bonds is 3. The molecule has 0 saturated carbocycles. The monoisotopic (exact) mass is 292 g/mol. The highest BCUT2D eigenvalue weighted by molar-refractivity contribution is 6.06. The molecule has 1 aliphatic rings. The van der Waals surface area contributed by atoms with E-state index in [0.29, 0.717) is 6.61 Å². The first kappa shape index (κ1) is 13.6. The van der Waals surface area contributed by atoms with E-state index in [1.807, 2.05) is 0 Å². The maximum atomic E-state index is 6.34. The summed E-state index contributed by atoms with van der Waals surface area (Å²) in [7, 11) is 0. The fraction of sp³-hybridized carbons (Fsp3) is 0.300. The highest BCUT2D eigenvalue weighted by atomic mass is 16.5. The molecule has 22 heavy (non-hydrogen) atoms. The Hall–Kier alpha value is -2.06. The smallest absolute Gasteiger partial charge is 0.135 e. The largest absolute Gasteiger partial charge is 0.492 e. The van der Waals surface area contributed by atoms with E-state index in [-0.39, 0.29) is 5.41 Å². The summed E-state index contributed by atoms with van der Waals surface area (Å²) >= 11 is 0. The molecule has 0 N–H and O–H groups in total. The molecule has 1 heterocycles.